The van der Waals surface area contributed by atoms with Gasteiger partial charge in [-0.2, -0.15) is 13.2 Å². The zero-order valence-electron chi connectivity index (χ0n) is 12.8. The number of alkyl halides is 4. The predicted molar refractivity (Wildman–Crippen MR) is 84.4 cm³/mol. The van der Waals surface area contributed by atoms with Crippen molar-refractivity contribution in [2.75, 3.05) is 25.0 Å². The molecule has 4 nitrogen and oxygen atoms in total. The van der Waals surface area contributed by atoms with Gasteiger partial charge in [-0.1, -0.05) is 0 Å². The van der Waals surface area contributed by atoms with Crippen molar-refractivity contribution >= 4 is 33.3 Å². The molecule has 0 bridgehead atoms. The molecule has 3 heterocycles. The van der Waals surface area contributed by atoms with E-state index in [0.717, 1.165) is 17.4 Å². The number of rotatable bonds is 2. The first-order chi connectivity index (χ1) is 11.3. The zero-order chi connectivity index (χ0) is 17.5. The zero-order valence-corrected chi connectivity index (χ0v) is 13.6. The normalized spacial score (nSPS) is 18.9. The molecule has 1 unspecified atom stereocenters. The van der Waals surface area contributed by atoms with Crippen molar-refractivity contribution < 1.29 is 22.4 Å². The predicted octanol–water partition coefficient (Wildman–Crippen LogP) is 3.61. The minimum Gasteiger partial charge on any atom is -0.355 e. The third-order valence-electron chi connectivity index (χ3n) is 3.97. The molecule has 3 rings (SSSR count). The van der Waals surface area contributed by atoms with E-state index in [1.165, 1.54) is 17.3 Å². The summed E-state index contributed by atoms with van der Waals surface area (Å²) in [6.45, 7) is 0.449. The summed E-state index contributed by atoms with van der Waals surface area (Å²) in [7, 11) is 1.40. The molecule has 1 aliphatic heterocycles. The standard InChI is InChI=1S/C15H15F4N3OS/c1-20-14(23)9-7-24-13-10(15(17,18)19)5-11(21-12(9)13)22-4-2-3-8(16)6-22/h5,7-8H,2-4,6H2,1H3,(H,20,23). The van der Waals surface area contributed by atoms with Crippen molar-refractivity contribution in [2.45, 2.75) is 25.2 Å². The van der Waals surface area contributed by atoms with Gasteiger partial charge in [0.2, 0.25) is 0 Å². The Morgan fingerprint density at radius 2 is 2.21 bits per heavy atom. The van der Waals surface area contributed by atoms with Crippen LogP contribution in [0.25, 0.3) is 10.2 Å². The van der Waals surface area contributed by atoms with Crippen molar-refractivity contribution in [2.24, 2.45) is 0 Å². The Morgan fingerprint density at radius 1 is 1.46 bits per heavy atom. The molecule has 1 saturated heterocycles. The molecule has 1 atom stereocenters. The maximum Gasteiger partial charge on any atom is 0.417 e. The van der Waals surface area contributed by atoms with Crippen molar-refractivity contribution in [1.82, 2.24) is 10.3 Å². The fourth-order valence-electron chi connectivity index (χ4n) is 2.80. The summed E-state index contributed by atoms with van der Waals surface area (Å²) < 4.78 is 53.8. The van der Waals surface area contributed by atoms with Crippen molar-refractivity contribution in [3.63, 3.8) is 0 Å². The number of amides is 1. The molecule has 9 heteroatoms. The highest BCUT2D eigenvalue weighted by Crippen LogP contribution is 2.40. The van der Waals surface area contributed by atoms with E-state index in [1.54, 1.807) is 0 Å². The average molecular weight is 361 g/mol. The van der Waals surface area contributed by atoms with E-state index in [1.807, 2.05) is 0 Å². The first-order valence-corrected chi connectivity index (χ1v) is 8.29. The van der Waals surface area contributed by atoms with E-state index in [2.05, 4.69) is 10.3 Å². The Bertz CT molecular complexity index is 774. The van der Waals surface area contributed by atoms with Gasteiger partial charge in [-0.25, -0.2) is 9.37 Å². The largest absolute Gasteiger partial charge is 0.417 e. The van der Waals surface area contributed by atoms with Crippen LogP contribution < -0.4 is 10.2 Å². The number of nitrogens with zero attached hydrogens (tertiary/aromatic N) is 2. The first kappa shape index (κ1) is 16.9. The van der Waals surface area contributed by atoms with E-state index in [-0.39, 0.29) is 28.1 Å². The van der Waals surface area contributed by atoms with Gasteiger partial charge in [-0.3, -0.25) is 4.79 Å². The van der Waals surface area contributed by atoms with Crippen molar-refractivity contribution in [3.05, 3.63) is 22.6 Å². The van der Waals surface area contributed by atoms with Crippen LogP contribution in [-0.4, -0.2) is 37.2 Å². The van der Waals surface area contributed by atoms with Gasteiger partial charge in [0.15, 0.2) is 0 Å². The molecule has 2 aromatic heterocycles. The number of fused-ring (bicyclic) bond motifs is 1. The highest BCUT2D eigenvalue weighted by Gasteiger charge is 2.36. The molecule has 2 aromatic rings. The fraction of sp³-hybridized carbons (Fsp3) is 0.467. The smallest absolute Gasteiger partial charge is 0.355 e. The van der Waals surface area contributed by atoms with E-state index in [0.29, 0.717) is 19.4 Å². The lowest BCUT2D eigenvalue weighted by Crippen LogP contribution is -2.37. The van der Waals surface area contributed by atoms with Crippen molar-refractivity contribution in [1.29, 1.82) is 0 Å². The monoisotopic (exact) mass is 361 g/mol. The molecule has 0 spiro atoms. The fourth-order valence-corrected chi connectivity index (χ4v) is 3.82. The molecule has 130 valence electrons. The third-order valence-corrected chi connectivity index (χ3v) is 4.98. The van der Waals surface area contributed by atoms with Crippen LogP contribution in [0.15, 0.2) is 11.4 Å². The molecule has 1 fully saturated rings. The van der Waals surface area contributed by atoms with Gasteiger partial charge in [0.25, 0.3) is 5.91 Å². The summed E-state index contributed by atoms with van der Waals surface area (Å²) in [5.74, 6) is -0.443. The lowest BCUT2D eigenvalue weighted by molar-refractivity contribution is -0.136. The van der Waals surface area contributed by atoms with Crippen LogP contribution in [0.3, 0.4) is 0 Å². The Balaban J connectivity index is 2.17. The average Bonchev–Trinajstić information content (AvgIpc) is 2.96. The number of thiophene rings is 1. The van der Waals surface area contributed by atoms with Crippen LogP contribution in [0.5, 0.6) is 0 Å². The van der Waals surface area contributed by atoms with Gasteiger partial charge in [0.05, 0.1) is 27.9 Å². The minimum absolute atomic E-state index is 0.00477. The number of nitrogens with one attached hydrogen (secondary N) is 1. The topological polar surface area (TPSA) is 45.2 Å². The highest BCUT2D eigenvalue weighted by atomic mass is 32.1. The summed E-state index contributed by atoms with van der Waals surface area (Å²) in [6, 6.07) is 0.949. The van der Waals surface area contributed by atoms with Crippen LogP contribution in [0, 0.1) is 0 Å². The van der Waals surface area contributed by atoms with Crippen LogP contribution in [0.2, 0.25) is 0 Å². The van der Waals surface area contributed by atoms with Crippen LogP contribution in [0.4, 0.5) is 23.4 Å². The number of hydrogen-bond acceptors (Lipinski definition) is 4. The number of pyridine rings is 1. The van der Waals surface area contributed by atoms with E-state index < -0.39 is 23.8 Å². The Labute approximate surface area is 139 Å². The minimum atomic E-state index is -4.58. The molecule has 0 aromatic carbocycles. The van der Waals surface area contributed by atoms with Gasteiger partial charge in [0.1, 0.15) is 12.0 Å². The lowest BCUT2D eigenvalue weighted by Gasteiger charge is -2.30. The summed E-state index contributed by atoms with van der Waals surface area (Å²) in [5.41, 5.74) is -0.743. The van der Waals surface area contributed by atoms with Gasteiger partial charge in [-0.05, 0) is 18.9 Å². The van der Waals surface area contributed by atoms with E-state index >= 15 is 0 Å². The van der Waals surface area contributed by atoms with E-state index in [4.69, 9.17) is 0 Å². The van der Waals surface area contributed by atoms with Gasteiger partial charge in [0, 0.05) is 19.0 Å². The molecule has 0 radical (unpaired) electrons. The van der Waals surface area contributed by atoms with Crippen LogP contribution in [-0.2, 0) is 6.18 Å². The van der Waals surface area contributed by atoms with Crippen molar-refractivity contribution in [3.8, 4) is 0 Å². The number of halogens is 4. The summed E-state index contributed by atoms with van der Waals surface area (Å²) in [4.78, 5) is 17.6. The number of anilines is 1. The molecule has 0 aliphatic carbocycles. The quantitative estimate of drug-likeness (QED) is 0.831. The maximum absolute atomic E-state index is 13.6. The Kier molecular flexibility index (Phi) is 4.37. The van der Waals surface area contributed by atoms with Gasteiger partial charge < -0.3 is 10.2 Å². The summed E-state index contributed by atoms with van der Waals surface area (Å²) in [5, 5.41) is 3.76. The number of piperidine rings is 1. The molecule has 0 saturated carbocycles. The third kappa shape index (κ3) is 3.04. The summed E-state index contributed by atoms with van der Waals surface area (Å²) in [6.07, 6.45) is -4.72. The Hall–Kier alpha value is -1.90. The highest BCUT2D eigenvalue weighted by molar-refractivity contribution is 7.17. The van der Waals surface area contributed by atoms with Gasteiger partial charge in [-0.15, -0.1) is 11.3 Å². The molecule has 1 N–H and O–H groups in total. The van der Waals surface area contributed by atoms with Gasteiger partial charge >= 0.3 is 6.18 Å². The van der Waals surface area contributed by atoms with Crippen LogP contribution >= 0.6 is 11.3 Å². The Morgan fingerprint density at radius 3 is 2.83 bits per heavy atom. The van der Waals surface area contributed by atoms with Crippen LogP contribution in [0.1, 0.15) is 28.8 Å². The number of hydrogen-bond donors (Lipinski definition) is 1. The SMILES string of the molecule is CNC(=O)c1csc2c(C(F)(F)F)cc(N3CCCC(F)C3)nc12. The summed E-state index contributed by atoms with van der Waals surface area (Å²) >= 11 is 0.831. The number of carbonyl (C=O) groups is 1. The molecule has 1 amide bonds. The molecular formula is C15H15F4N3OS. The second kappa shape index (κ2) is 6.19. The van der Waals surface area contributed by atoms with E-state index in [9.17, 15) is 22.4 Å². The number of carbonyl (C=O) groups excluding carboxylic acids is 1. The second-order valence-corrected chi connectivity index (χ2v) is 6.50. The first-order valence-electron chi connectivity index (χ1n) is 7.41. The molecular weight excluding hydrogens is 346 g/mol. The molecule has 24 heavy (non-hydrogen) atoms. The molecule has 1 aliphatic rings. The lowest BCUT2D eigenvalue weighted by atomic mass is 10.1. The maximum atomic E-state index is 13.6. The number of aromatic nitrogens is 1. The second-order valence-electron chi connectivity index (χ2n) is 5.62.